The first-order valence-electron chi connectivity index (χ1n) is 4.11. The molecule has 6 nitrogen and oxygen atoms in total. The number of hydrogen-bond acceptors (Lipinski definition) is 4. The number of H-pyrrole nitrogens is 1. The van der Waals surface area contributed by atoms with E-state index in [1.54, 1.807) is 12.1 Å². The molecule has 6 heteroatoms. The second-order valence-corrected chi connectivity index (χ2v) is 2.79. The lowest BCUT2D eigenvalue weighted by Gasteiger charge is -2.00. The Morgan fingerprint density at radius 3 is 3.00 bits per heavy atom. The third-order valence-electron chi connectivity index (χ3n) is 1.86. The summed E-state index contributed by atoms with van der Waals surface area (Å²) in [5.74, 6) is 0. The molecule has 0 aliphatic rings. The lowest BCUT2D eigenvalue weighted by atomic mass is 10.2. The van der Waals surface area contributed by atoms with Crippen LogP contribution in [0.2, 0.25) is 0 Å². The molecule has 2 aromatic rings. The summed E-state index contributed by atoms with van der Waals surface area (Å²) in [4.78, 5) is 11.2. The van der Waals surface area contributed by atoms with E-state index in [0.29, 0.717) is 12.2 Å². The molecule has 0 bridgehead atoms. The number of nitrogens with two attached hydrogens (primary N) is 1. The van der Waals surface area contributed by atoms with Crippen LogP contribution in [0.1, 0.15) is 5.56 Å². The molecule has 0 aliphatic heterocycles. The van der Waals surface area contributed by atoms with Crippen LogP contribution in [0.25, 0.3) is 5.69 Å². The molecule has 1 heterocycles. The summed E-state index contributed by atoms with van der Waals surface area (Å²) in [6.07, 6.45) is 0. The number of aromatic nitrogens is 4. The van der Waals surface area contributed by atoms with Gasteiger partial charge in [0.1, 0.15) is 0 Å². The minimum Gasteiger partial charge on any atom is -0.326 e. The Morgan fingerprint density at radius 2 is 2.36 bits per heavy atom. The number of benzene rings is 1. The van der Waals surface area contributed by atoms with Crippen molar-refractivity contribution < 1.29 is 0 Å². The summed E-state index contributed by atoms with van der Waals surface area (Å²) in [5, 5.41) is 9.24. The Labute approximate surface area is 79.3 Å². The molecule has 0 atom stereocenters. The average molecular weight is 191 g/mol. The first-order chi connectivity index (χ1) is 6.81. The van der Waals surface area contributed by atoms with Gasteiger partial charge in [-0.1, -0.05) is 12.1 Å². The maximum absolute atomic E-state index is 11.2. The Kier molecular flexibility index (Phi) is 2.11. The molecule has 1 aromatic heterocycles. The summed E-state index contributed by atoms with van der Waals surface area (Å²) in [6.45, 7) is 0.431. The van der Waals surface area contributed by atoms with Gasteiger partial charge in [0, 0.05) is 6.54 Å². The maximum atomic E-state index is 11.2. The molecule has 1 aromatic carbocycles. The highest BCUT2D eigenvalue weighted by molar-refractivity contribution is 5.34. The number of rotatable bonds is 2. The summed E-state index contributed by atoms with van der Waals surface area (Å²) in [5.41, 5.74) is 6.72. The van der Waals surface area contributed by atoms with Crippen LogP contribution >= 0.6 is 0 Å². The van der Waals surface area contributed by atoms with Gasteiger partial charge < -0.3 is 5.73 Å². The molecule has 14 heavy (non-hydrogen) atoms. The highest BCUT2D eigenvalue weighted by Crippen LogP contribution is 2.06. The highest BCUT2D eigenvalue weighted by atomic mass is 16.2. The molecule has 0 saturated carbocycles. The standard InChI is InChI=1S/C8H9N5O/c9-5-6-2-1-3-7(4-6)13-8(14)10-11-12-13/h1-4H,5,9H2,(H,10,12,14). The van der Waals surface area contributed by atoms with E-state index in [1.165, 1.54) is 4.68 Å². The molecule has 72 valence electrons. The minimum absolute atomic E-state index is 0.362. The van der Waals surface area contributed by atoms with Gasteiger partial charge in [-0.15, -0.1) is 0 Å². The molecule has 3 N–H and O–H groups in total. The second-order valence-electron chi connectivity index (χ2n) is 2.79. The topological polar surface area (TPSA) is 89.6 Å². The molecule has 0 spiro atoms. The third-order valence-corrected chi connectivity index (χ3v) is 1.86. The largest absolute Gasteiger partial charge is 0.365 e. The van der Waals surface area contributed by atoms with E-state index < -0.39 is 0 Å². The third kappa shape index (κ3) is 1.42. The van der Waals surface area contributed by atoms with Gasteiger partial charge >= 0.3 is 5.69 Å². The predicted molar refractivity (Wildman–Crippen MR) is 49.9 cm³/mol. The van der Waals surface area contributed by atoms with Gasteiger partial charge in [0.15, 0.2) is 0 Å². The van der Waals surface area contributed by atoms with Gasteiger partial charge in [-0.25, -0.2) is 9.89 Å². The molecule has 0 unspecified atom stereocenters. The van der Waals surface area contributed by atoms with Crippen molar-refractivity contribution in [2.45, 2.75) is 6.54 Å². The Hall–Kier alpha value is -1.95. The van der Waals surface area contributed by atoms with Crippen LogP contribution in [0.5, 0.6) is 0 Å². The average Bonchev–Trinajstić information content (AvgIpc) is 2.65. The zero-order valence-corrected chi connectivity index (χ0v) is 7.34. The van der Waals surface area contributed by atoms with Crippen LogP contribution in [0.3, 0.4) is 0 Å². The number of hydrogen-bond donors (Lipinski definition) is 2. The zero-order valence-electron chi connectivity index (χ0n) is 7.34. The molecule has 2 rings (SSSR count). The monoisotopic (exact) mass is 191 g/mol. The fourth-order valence-electron chi connectivity index (χ4n) is 1.18. The van der Waals surface area contributed by atoms with Crippen LogP contribution in [0, 0.1) is 0 Å². The summed E-state index contributed by atoms with van der Waals surface area (Å²) < 4.78 is 1.18. The Morgan fingerprint density at radius 1 is 1.50 bits per heavy atom. The van der Waals surface area contributed by atoms with Crippen molar-refractivity contribution in [3.63, 3.8) is 0 Å². The van der Waals surface area contributed by atoms with E-state index in [1.807, 2.05) is 12.1 Å². The molecule has 0 radical (unpaired) electrons. The quantitative estimate of drug-likeness (QED) is 0.664. The smallest absolute Gasteiger partial charge is 0.326 e. The van der Waals surface area contributed by atoms with Crippen LogP contribution in [-0.2, 0) is 6.54 Å². The van der Waals surface area contributed by atoms with E-state index in [9.17, 15) is 4.79 Å². The number of tetrazole rings is 1. The molecule has 0 saturated heterocycles. The SMILES string of the molecule is NCc1cccc(-n2nn[nH]c2=O)c1. The highest BCUT2D eigenvalue weighted by Gasteiger charge is 2.02. The van der Waals surface area contributed by atoms with Crippen molar-refractivity contribution in [3.8, 4) is 5.69 Å². The molecular weight excluding hydrogens is 182 g/mol. The lowest BCUT2D eigenvalue weighted by molar-refractivity contribution is 0.778. The minimum atomic E-state index is -0.362. The molecule has 0 aliphatic carbocycles. The van der Waals surface area contributed by atoms with Gasteiger partial charge in [-0.3, -0.25) is 0 Å². The van der Waals surface area contributed by atoms with Crippen LogP contribution in [0.15, 0.2) is 29.1 Å². The van der Waals surface area contributed by atoms with Crippen molar-refractivity contribution >= 4 is 0 Å². The van der Waals surface area contributed by atoms with Crippen LogP contribution in [-0.4, -0.2) is 20.2 Å². The lowest BCUT2D eigenvalue weighted by Crippen LogP contribution is -2.16. The molecular formula is C8H9N5O. The normalized spacial score (nSPS) is 10.4. The Bertz CT molecular complexity index is 486. The van der Waals surface area contributed by atoms with Crippen molar-refractivity contribution in [3.05, 3.63) is 40.3 Å². The van der Waals surface area contributed by atoms with Gasteiger partial charge in [0.05, 0.1) is 5.69 Å². The van der Waals surface area contributed by atoms with Crippen LogP contribution in [0.4, 0.5) is 0 Å². The van der Waals surface area contributed by atoms with Crippen LogP contribution < -0.4 is 11.4 Å². The second kappa shape index (κ2) is 3.43. The summed E-state index contributed by atoms with van der Waals surface area (Å²) >= 11 is 0. The summed E-state index contributed by atoms with van der Waals surface area (Å²) in [6, 6.07) is 7.26. The van der Waals surface area contributed by atoms with Crippen molar-refractivity contribution in [2.24, 2.45) is 5.73 Å². The van der Waals surface area contributed by atoms with Gasteiger partial charge in [0.2, 0.25) is 0 Å². The molecule has 0 amide bonds. The first-order valence-corrected chi connectivity index (χ1v) is 4.11. The van der Waals surface area contributed by atoms with E-state index in [4.69, 9.17) is 5.73 Å². The number of nitrogens with zero attached hydrogens (tertiary/aromatic N) is 3. The van der Waals surface area contributed by atoms with Crippen molar-refractivity contribution in [1.29, 1.82) is 0 Å². The van der Waals surface area contributed by atoms with Crippen molar-refractivity contribution in [1.82, 2.24) is 20.2 Å². The fraction of sp³-hybridized carbons (Fsp3) is 0.125. The van der Waals surface area contributed by atoms with E-state index in [-0.39, 0.29) is 5.69 Å². The van der Waals surface area contributed by atoms with E-state index >= 15 is 0 Å². The first kappa shape index (κ1) is 8.64. The molecule has 0 fully saturated rings. The van der Waals surface area contributed by atoms with Gasteiger partial charge in [-0.05, 0) is 28.1 Å². The van der Waals surface area contributed by atoms with Gasteiger partial charge in [-0.2, -0.15) is 4.68 Å². The van der Waals surface area contributed by atoms with E-state index in [0.717, 1.165) is 5.56 Å². The predicted octanol–water partition coefficient (Wildman–Crippen LogP) is -0.586. The van der Waals surface area contributed by atoms with E-state index in [2.05, 4.69) is 15.5 Å². The zero-order chi connectivity index (χ0) is 9.97. The maximum Gasteiger partial charge on any atom is 0.365 e. The fourth-order valence-corrected chi connectivity index (χ4v) is 1.18. The number of nitrogens with one attached hydrogen (secondary N) is 1. The van der Waals surface area contributed by atoms with Crippen molar-refractivity contribution in [2.75, 3.05) is 0 Å². The Balaban J connectivity index is 2.52. The van der Waals surface area contributed by atoms with Gasteiger partial charge in [0.25, 0.3) is 0 Å². The summed E-state index contributed by atoms with van der Waals surface area (Å²) in [7, 11) is 0. The number of aromatic amines is 1.